The number of nitrogens with one attached hydrogen (secondary N) is 1. The molecule has 0 saturated carbocycles. The zero-order valence-electron chi connectivity index (χ0n) is 8.97. The van der Waals surface area contributed by atoms with Crippen LogP contribution in [0.3, 0.4) is 0 Å². The van der Waals surface area contributed by atoms with E-state index in [1.54, 1.807) is 26.8 Å². The summed E-state index contributed by atoms with van der Waals surface area (Å²) in [5.74, 6) is -0.155. The molecule has 4 heteroatoms. The Morgan fingerprint density at radius 2 is 2.00 bits per heavy atom. The van der Waals surface area contributed by atoms with Crippen LogP contribution in [0.15, 0.2) is 18.2 Å². The zero-order chi connectivity index (χ0) is 11.6. The number of aromatic hydroxyl groups is 1. The molecule has 0 saturated heterocycles. The lowest BCUT2D eigenvalue weighted by atomic mass is 9.95. The number of phenolic OH excluding ortho intramolecular Hbond substituents is 1. The van der Waals surface area contributed by atoms with Gasteiger partial charge in [0.2, 0.25) is 5.91 Å². The fourth-order valence-electron chi connectivity index (χ4n) is 0.918. The molecular weight excluding hydrogens is 214 g/mol. The molecular formula is C11H14ClNO2. The molecule has 15 heavy (non-hydrogen) atoms. The van der Waals surface area contributed by atoms with Gasteiger partial charge in [-0.25, -0.2) is 0 Å². The number of rotatable bonds is 1. The highest BCUT2D eigenvalue weighted by atomic mass is 35.5. The Balaban J connectivity index is 2.90. The third-order valence-electron chi connectivity index (χ3n) is 1.89. The molecule has 1 amide bonds. The summed E-state index contributed by atoms with van der Waals surface area (Å²) in [6.07, 6.45) is 0. The number of carbonyl (C=O) groups excluding carboxylic acids is 1. The summed E-state index contributed by atoms with van der Waals surface area (Å²) in [5.41, 5.74) is -0.170. The minimum Gasteiger partial charge on any atom is -0.506 e. The molecule has 0 aliphatic rings. The van der Waals surface area contributed by atoms with E-state index in [2.05, 4.69) is 5.32 Å². The fourth-order valence-corrected chi connectivity index (χ4v) is 1.09. The van der Waals surface area contributed by atoms with E-state index < -0.39 is 5.41 Å². The minimum atomic E-state index is -0.505. The average molecular weight is 228 g/mol. The van der Waals surface area contributed by atoms with Crippen LogP contribution in [0.5, 0.6) is 5.75 Å². The molecule has 82 valence electrons. The molecule has 0 aliphatic heterocycles. The van der Waals surface area contributed by atoms with E-state index in [4.69, 9.17) is 11.6 Å². The fraction of sp³-hybridized carbons (Fsp3) is 0.364. The van der Waals surface area contributed by atoms with Gasteiger partial charge in [-0.3, -0.25) is 4.79 Å². The van der Waals surface area contributed by atoms with Gasteiger partial charge in [0, 0.05) is 10.4 Å². The van der Waals surface area contributed by atoms with E-state index >= 15 is 0 Å². The largest absolute Gasteiger partial charge is 0.506 e. The number of carbonyl (C=O) groups is 1. The lowest BCUT2D eigenvalue weighted by Crippen LogP contribution is -2.27. The molecule has 0 unspecified atom stereocenters. The number of anilines is 1. The smallest absolute Gasteiger partial charge is 0.229 e. The summed E-state index contributed by atoms with van der Waals surface area (Å²) in [4.78, 5) is 11.6. The van der Waals surface area contributed by atoms with E-state index in [9.17, 15) is 9.90 Å². The second-order valence-electron chi connectivity index (χ2n) is 4.37. The molecule has 1 rings (SSSR count). The monoisotopic (exact) mass is 227 g/mol. The third kappa shape index (κ3) is 3.13. The molecule has 0 aliphatic carbocycles. The van der Waals surface area contributed by atoms with Crippen LogP contribution in [0.25, 0.3) is 0 Å². The Kier molecular flexibility index (Phi) is 3.25. The van der Waals surface area contributed by atoms with Gasteiger partial charge in [0.05, 0.1) is 5.69 Å². The van der Waals surface area contributed by atoms with Crippen LogP contribution in [-0.2, 0) is 4.79 Å². The number of halogens is 1. The summed E-state index contributed by atoms with van der Waals surface area (Å²) >= 11 is 5.75. The van der Waals surface area contributed by atoms with Gasteiger partial charge in [0.25, 0.3) is 0 Å². The molecule has 0 bridgehead atoms. The Morgan fingerprint density at radius 3 is 2.53 bits per heavy atom. The summed E-state index contributed by atoms with van der Waals surface area (Å²) in [6.45, 7) is 5.39. The van der Waals surface area contributed by atoms with E-state index in [1.165, 1.54) is 12.1 Å². The molecule has 0 radical (unpaired) electrons. The normalized spacial score (nSPS) is 11.2. The van der Waals surface area contributed by atoms with Crippen LogP contribution in [0, 0.1) is 5.41 Å². The van der Waals surface area contributed by atoms with Gasteiger partial charge in [0.15, 0.2) is 0 Å². The van der Waals surface area contributed by atoms with Crippen molar-refractivity contribution >= 4 is 23.2 Å². The Morgan fingerprint density at radius 1 is 1.40 bits per heavy atom. The van der Waals surface area contributed by atoms with Crippen molar-refractivity contribution in [3.05, 3.63) is 23.2 Å². The second kappa shape index (κ2) is 4.11. The molecule has 1 aromatic carbocycles. The third-order valence-corrected chi connectivity index (χ3v) is 2.12. The van der Waals surface area contributed by atoms with Gasteiger partial charge in [-0.2, -0.15) is 0 Å². The lowest BCUT2D eigenvalue weighted by molar-refractivity contribution is -0.123. The van der Waals surface area contributed by atoms with Crippen molar-refractivity contribution in [2.45, 2.75) is 20.8 Å². The number of phenols is 1. The van der Waals surface area contributed by atoms with Crippen molar-refractivity contribution in [1.29, 1.82) is 0 Å². The van der Waals surface area contributed by atoms with Gasteiger partial charge in [-0.05, 0) is 18.2 Å². The van der Waals surface area contributed by atoms with Crippen molar-refractivity contribution in [2.24, 2.45) is 5.41 Å². The highest BCUT2D eigenvalue weighted by Gasteiger charge is 2.22. The van der Waals surface area contributed by atoms with Crippen molar-refractivity contribution in [3.63, 3.8) is 0 Å². The Labute approximate surface area is 94.1 Å². The lowest BCUT2D eigenvalue weighted by Gasteiger charge is -2.18. The van der Waals surface area contributed by atoms with Crippen molar-refractivity contribution < 1.29 is 9.90 Å². The SMILES string of the molecule is CC(C)(C)C(=O)Nc1cc(Cl)ccc1O. The molecule has 2 N–H and O–H groups in total. The number of benzene rings is 1. The molecule has 0 atom stereocenters. The van der Waals surface area contributed by atoms with E-state index in [1.807, 2.05) is 0 Å². The summed E-state index contributed by atoms with van der Waals surface area (Å²) in [6, 6.07) is 4.52. The van der Waals surface area contributed by atoms with Crippen molar-refractivity contribution in [1.82, 2.24) is 0 Å². The summed E-state index contributed by atoms with van der Waals surface area (Å²) < 4.78 is 0. The molecule has 0 heterocycles. The number of amides is 1. The zero-order valence-corrected chi connectivity index (χ0v) is 9.72. The second-order valence-corrected chi connectivity index (χ2v) is 4.80. The number of hydrogen-bond donors (Lipinski definition) is 2. The van der Waals surface area contributed by atoms with Crippen molar-refractivity contribution in [3.8, 4) is 5.75 Å². The van der Waals surface area contributed by atoms with Crippen LogP contribution in [-0.4, -0.2) is 11.0 Å². The van der Waals surface area contributed by atoms with Crippen LogP contribution < -0.4 is 5.32 Å². The van der Waals surface area contributed by atoms with Crippen LogP contribution >= 0.6 is 11.6 Å². The first-order chi connectivity index (χ1) is 6.80. The Hall–Kier alpha value is -1.22. The van der Waals surface area contributed by atoms with E-state index in [0.29, 0.717) is 10.7 Å². The Bertz CT molecular complexity index is 383. The molecule has 0 aromatic heterocycles. The molecule has 1 aromatic rings. The predicted octanol–water partition coefficient (Wildman–Crippen LogP) is 3.03. The first kappa shape index (κ1) is 11.9. The van der Waals surface area contributed by atoms with Crippen LogP contribution in [0.4, 0.5) is 5.69 Å². The van der Waals surface area contributed by atoms with Crippen LogP contribution in [0.2, 0.25) is 5.02 Å². The molecule has 3 nitrogen and oxygen atoms in total. The number of hydrogen-bond acceptors (Lipinski definition) is 2. The minimum absolute atomic E-state index is 0.0111. The van der Waals surface area contributed by atoms with Gasteiger partial charge in [0.1, 0.15) is 5.75 Å². The summed E-state index contributed by atoms with van der Waals surface area (Å²) in [5, 5.41) is 12.6. The maximum Gasteiger partial charge on any atom is 0.229 e. The highest BCUT2D eigenvalue weighted by Crippen LogP contribution is 2.28. The van der Waals surface area contributed by atoms with E-state index in [0.717, 1.165) is 0 Å². The molecule has 0 fully saturated rings. The van der Waals surface area contributed by atoms with E-state index in [-0.39, 0.29) is 11.7 Å². The van der Waals surface area contributed by atoms with Gasteiger partial charge in [-0.1, -0.05) is 32.4 Å². The quantitative estimate of drug-likeness (QED) is 0.725. The maximum atomic E-state index is 11.6. The standard InChI is InChI=1S/C11H14ClNO2/c1-11(2,3)10(15)13-8-6-7(12)4-5-9(8)14/h4-6,14H,1-3H3,(H,13,15). The van der Waals surface area contributed by atoms with Gasteiger partial charge < -0.3 is 10.4 Å². The highest BCUT2D eigenvalue weighted by molar-refractivity contribution is 6.31. The maximum absolute atomic E-state index is 11.6. The summed E-state index contributed by atoms with van der Waals surface area (Å²) in [7, 11) is 0. The van der Waals surface area contributed by atoms with Crippen molar-refractivity contribution in [2.75, 3.05) is 5.32 Å². The first-order valence-corrected chi connectivity index (χ1v) is 4.98. The first-order valence-electron chi connectivity index (χ1n) is 4.60. The average Bonchev–Trinajstić information content (AvgIpc) is 2.09. The van der Waals surface area contributed by atoms with Gasteiger partial charge >= 0.3 is 0 Å². The molecule has 0 spiro atoms. The van der Waals surface area contributed by atoms with Gasteiger partial charge in [-0.15, -0.1) is 0 Å². The topological polar surface area (TPSA) is 49.3 Å². The van der Waals surface area contributed by atoms with Crippen LogP contribution in [0.1, 0.15) is 20.8 Å². The predicted molar refractivity (Wildman–Crippen MR) is 61.2 cm³/mol.